The fourth-order valence-electron chi connectivity index (χ4n) is 6.79. The molecule has 236 valence electrons. The molecule has 45 heavy (non-hydrogen) atoms. The summed E-state index contributed by atoms with van der Waals surface area (Å²) in [4.78, 5) is 64.4. The van der Waals surface area contributed by atoms with Crippen LogP contribution in [0.3, 0.4) is 0 Å². The van der Waals surface area contributed by atoms with Crippen LogP contribution < -0.4 is 11.1 Å². The maximum Gasteiger partial charge on any atom is 0.306 e. The van der Waals surface area contributed by atoms with Crippen LogP contribution in [-0.4, -0.2) is 87.5 Å². The number of nitrogens with one attached hydrogen (secondary N) is 1. The number of nitrogens with two attached hydrogens (primary N) is 1. The summed E-state index contributed by atoms with van der Waals surface area (Å²) >= 11 is 0. The Hall–Kier alpha value is -5.01. The van der Waals surface area contributed by atoms with Crippen molar-refractivity contribution in [3.8, 4) is 16.9 Å². The van der Waals surface area contributed by atoms with E-state index >= 15 is 0 Å². The van der Waals surface area contributed by atoms with E-state index in [1.807, 2.05) is 0 Å². The number of rotatable bonds is 7. The van der Waals surface area contributed by atoms with Crippen LogP contribution >= 0.6 is 0 Å². The predicted molar refractivity (Wildman–Crippen MR) is 160 cm³/mol. The summed E-state index contributed by atoms with van der Waals surface area (Å²) < 4.78 is 4.55. The minimum absolute atomic E-state index is 0.0241. The SMILES string of the molecule is COC(=O)CCC(=O)Nc1ccc(-c2ccc(O)c3c2CC2CC4C(N(C)C)C(=O)C(C(N)=O)=C(O)C4(O)C(=O)C2=C3O)cc1. The number of hydrogen-bond acceptors (Lipinski definition) is 11. The number of nitrogens with zero attached hydrogens (tertiary/aromatic N) is 1. The third-order valence-electron chi connectivity index (χ3n) is 8.87. The number of amides is 2. The second kappa shape index (κ2) is 11.5. The van der Waals surface area contributed by atoms with Crippen LogP contribution in [0.15, 0.2) is 53.3 Å². The van der Waals surface area contributed by atoms with E-state index < -0.39 is 64.0 Å². The Bertz CT molecular complexity index is 1710. The molecule has 4 atom stereocenters. The Balaban J connectivity index is 1.54. The molecule has 1 fully saturated rings. The number of benzene rings is 2. The predicted octanol–water partition coefficient (Wildman–Crippen LogP) is 1.52. The van der Waals surface area contributed by atoms with Gasteiger partial charge in [-0.15, -0.1) is 0 Å². The molecule has 0 aliphatic heterocycles. The van der Waals surface area contributed by atoms with Crippen molar-refractivity contribution in [1.82, 2.24) is 4.90 Å². The number of carbonyl (C=O) groups is 5. The van der Waals surface area contributed by atoms with E-state index in [0.717, 1.165) is 0 Å². The largest absolute Gasteiger partial charge is 0.508 e. The lowest BCUT2D eigenvalue weighted by atomic mass is 9.57. The van der Waals surface area contributed by atoms with Crippen molar-refractivity contribution in [2.75, 3.05) is 26.5 Å². The third kappa shape index (κ3) is 5.03. The normalized spacial score (nSPS) is 24.2. The number of phenols is 1. The minimum Gasteiger partial charge on any atom is -0.508 e. The second-order valence-electron chi connectivity index (χ2n) is 11.6. The molecule has 2 aromatic rings. The van der Waals surface area contributed by atoms with Crippen LogP contribution in [0.4, 0.5) is 5.69 Å². The van der Waals surface area contributed by atoms with Gasteiger partial charge in [0.05, 0.1) is 25.1 Å². The molecule has 0 spiro atoms. The van der Waals surface area contributed by atoms with E-state index in [-0.39, 0.29) is 48.5 Å². The third-order valence-corrected chi connectivity index (χ3v) is 8.87. The van der Waals surface area contributed by atoms with Gasteiger partial charge in [-0.3, -0.25) is 28.9 Å². The van der Waals surface area contributed by atoms with Gasteiger partial charge in [0, 0.05) is 23.6 Å². The number of esters is 1. The molecule has 2 aromatic carbocycles. The number of hydrogen-bond donors (Lipinski definition) is 6. The fourth-order valence-corrected chi connectivity index (χ4v) is 6.79. The van der Waals surface area contributed by atoms with Crippen molar-refractivity contribution in [1.29, 1.82) is 0 Å². The van der Waals surface area contributed by atoms with Gasteiger partial charge in [0.2, 0.25) is 11.7 Å². The molecule has 1 saturated carbocycles. The molecule has 7 N–H and O–H groups in total. The van der Waals surface area contributed by atoms with Gasteiger partial charge in [-0.2, -0.15) is 0 Å². The number of fused-ring (bicyclic) bond motifs is 3. The molecule has 13 nitrogen and oxygen atoms in total. The zero-order valence-corrected chi connectivity index (χ0v) is 24.8. The molecular weight excluding hydrogens is 586 g/mol. The van der Waals surface area contributed by atoms with Crippen LogP contribution in [0.25, 0.3) is 16.9 Å². The number of methoxy groups -OCH3 is 1. The Morgan fingerprint density at radius 1 is 1.04 bits per heavy atom. The molecule has 0 aromatic heterocycles. The number of ether oxygens (including phenoxy) is 1. The molecule has 0 saturated heterocycles. The minimum atomic E-state index is -2.71. The van der Waals surface area contributed by atoms with E-state index in [2.05, 4.69) is 10.1 Å². The molecule has 4 unspecified atom stereocenters. The summed E-state index contributed by atoms with van der Waals surface area (Å²) in [6.45, 7) is 0. The number of likely N-dealkylation sites (N-methyl/N-ethyl adjacent to an activating group) is 1. The van der Waals surface area contributed by atoms with Gasteiger partial charge in [0.15, 0.2) is 11.4 Å². The summed E-state index contributed by atoms with van der Waals surface area (Å²) in [7, 11) is 4.31. The number of phenolic OH excluding ortho intramolecular Hbond substituents is 1. The highest BCUT2D eigenvalue weighted by atomic mass is 16.5. The molecular formula is C32H33N3O10. The number of Topliss-reactive ketones (excluding diaryl/α,β-unsaturated/α-hetero) is 2. The highest BCUT2D eigenvalue weighted by Gasteiger charge is 2.64. The Morgan fingerprint density at radius 2 is 1.71 bits per heavy atom. The lowest BCUT2D eigenvalue weighted by molar-refractivity contribution is -0.153. The zero-order valence-electron chi connectivity index (χ0n) is 24.8. The first kappa shape index (κ1) is 31.4. The van der Waals surface area contributed by atoms with Crippen LogP contribution in [0.5, 0.6) is 5.75 Å². The molecule has 13 heteroatoms. The van der Waals surface area contributed by atoms with Gasteiger partial charge in [0.25, 0.3) is 5.91 Å². The average molecular weight is 620 g/mol. The Labute approximate surface area is 257 Å². The first-order valence-electron chi connectivity index (χ1n) is 14.2. The summed E-state index contributed by atoms with van der Waals surface area (Å²) in [5, 5.41) is 47.7. The summed E-state index contributed by atoms with van der Waals surface area (Å²) in [6, 6.07) is 8.57. The van der Waals surface area contributed by atoms with Gasteiger partial charge < -0.3 is 36.2 Å². The number of aliphatic hydroxyl groups excluding tert-OH is 2. The van der Waals surface area contributed by atoms with Crippen molar-refractivity contribution in [2.45, 2.75) is 37.3 Å². The number of anilines is 1. The number of aromatic hydroxyl groups is 1. The molecule has 2 amide bonds. The first-order valence-corrected chi connectivity index (χ1v) is 14.2. The number of carbonyl (C=O) groups excluding carboxylic acids is 5. The highest BCUT2D eigenvalue weighted by Crippen LogP contribution is 2.53. The van der Waals surface area contributed by atoms with Crippen molar-refractivity contribution >= 4 is 40.8 Å². The second-order valence-corrected chi connectivity index (χ2v) is 11.6. The lowest BCUT2D eigenvalue weighted by Crippen LogP contribution is -2.65. The maximum absolute atomic E-state index is 14.0. The van der Waals surface area contributed by atoms with Gasteiger partial charge in [-0.05, 0) is 67.7 Å². The quantitative estimate of drug-likeness (QED) is 0.193. The molecule has 5 rings (SSSR count). The molecule has 0 radical (unpaired) electrons. The maximum atomic E-state index is 14.0. The van der Waals surface area contributed by atoms with E-state index in [0.29, 0.717) is 22.4 Å². The van der Waals surface area contributed by atoms with Crippen molar-refractivity contribution in [3.05, 3.63) is 64.4 Å². The van der Waals surface area contributed by atoms with Crippen LogP contribution in [-0.2, 0) is 35.1 Å². The number of aliphatic hydroxyl groups is 3. The standard InChI is InChI=1S/C32H33N3O10/c1-35(2)26-19-13-15-12-18-17(14-4-6-16(7-5-14)34-21(37)10-11-22(38)45-3)8-9-20(36)24(18)27(39)23(15)29(41)32(19,44)30(42)25(28(26)40)31(33)43/h4-9,15,19,26,36,39,42,44H,10-13H2,1-3H3,(H2,33,43)(H,34,37). The molecule has 3 aliphatic rings. The van der Waals surface area contributed by atoms with Gasteiger partial charge in [-0.25, -0.2) is 0 Å². The summed E-state index contributed by atoms with van der Waals surface area (Å²) in [6.07, 6.45) is -0.0178. The smallest absolute Gasteiger partial charge is 0.306 e. The van der Waals surface area contributed by atoms with Crippen molar-refractivity contribution in [3.63, 3.8) is 0 Å². The lowest BCUT2D eigenvalue weighted by Gasteiger charge is -2.50. The number of ketones is 2. The van der Waals surface area contributed by atoms with E-state index in [9.17, 15) is 44.4 Å². The monoisotopic (exact) mass is 619 g/mol. The van der Waals surface area contributed by atoms with Crippen molar-refractivity contribution < 1.29 is 49.1 Å². The topological polar surface area (TPSA) is 217 Å². The Kier molecular flexibility index (Phi) is 8.02. The van der Waals surface area contributed by atoms with Gasteiger partial charge in [0.1, 0.15) is 22.8 Å². The zero-order chi connectivity index (χ0) is 33.0. The molecule has 3 aliphatic carbocycles. The van der Waals surface area contributed by atoms with Crippen LogP contribution in [0.1, 0.15) is 30.4 Å². The van der Waals surface area contributed by atoms with E-state index in [4.69, 9.17) is 5.73 Å². The number of primary amides is 1. The highest BCUT2D eigenvalue weighted by molar-refractivity contribution is 6.24. The van der Waals surface area contributed by atoms with E-state index in [1.54, 1.807) is 30.3 Å². The molecule has 0 heterocycles. The van der Waals surface area contributed by atoms with Crippen LogP contribution in [0.2, 0.25) is 0 Å². The molecule has 0 bridgehead atoms. The summed E-state index contributed by atoms with van der Waals surface area (Å²) in [5.41, 5.74) is 3.79. The van der Waals surface area contributed by atoms with Gasteiger partial charge in [-0.1, -0.05) is 18.2 Å². The van der Waals surface area contributed by atoms with Crippen LogP contribution in [0, 0.1) is 11.8 Å². The van der Waals surface area contributed by atoms with Gasteiger partial charge >= 0.3 is 5.97 Å². The summed E-state index contributed by atoms with van der Waals surface area (Å²) in [5.74, 6) is -8.03. The first-order chi connectivity index (χ1) is 21.2. The Morgan fingerprint density at radius 3 is 2.31 bits per heavy atom. The fraction of sp³-hybridized carbons (Fsp3) is 0.344. The average Bonchev–Trinajstić information content (AvgIpc) is 2.98. The van der Waals surface area contributed by atoms with Crippen molar-refractivity contribution in [2.24, 2.45) is 17.6 Å². The van der Waals surface area contributed by atoms with E-state index in [1.165, 1.54) is 32.2 Å².